The van der Waals surface area contributed by atoms with Crippen molar-refractivity contribution in [1.29, 1.82) is 0 Å². The largest absolute Gasteiger partial charge is 0.402 e. The van der Waals surface area contributed by atoms with Crippen molar-refractivity contribution in [3.05, 3.63) is 77.7 Å². The third-order valence-corrected chi connectivity index (χ3v) is 7.31. The molecule has 1 aromatic heterocycles. The first-order valence-electron chi connectivity index (χ1n) is 14.4. The number of morpholine rings is 1. The van der Waals surface area contributed by atoms with Gasteiger partial charge in [0.05, 0.1) is 24.4 Å². The number of urea groups is 1. The molecule has 0 aliphatic carbocycles. The lowest BCUT2D eigenvalue weighted by atomic mass is 9.98. The molecule has 5 N–H and O–H groups in total. The van der Waals surface area contributed by atoms with Crippen molar-refractivity contribution < 1.29 is 18.7 Å². The van der Waals surface area contributed by atoms with Crippen molar-refractivity contribution in [1.82, 2.24) is 9.97 Å². The molecule has 1 saturated heterocycles. The summed E-state index contributed by atoms with van der Waals surface area (Å²) >= 11 is 0. The summed E-state index contributed by atoms with van der Waals surface area (Å²) in [5.74, 6) is 0.335. The molecule has 2 heterocycles. The fourth-order valence-electron chi connectivity index (χ4n) is 5.13. The molecule has 12 heteroatoms. The van der Waals surface area contributed by atoms with Crippen molar-refractivity contribution in [3.63, 3.8) is 0 Å². The summed E-state index contributed by atoms with van der Waals surface area (Å²) in [5.41, 5.74) is 11.8. The van der Waals surface area contributed by atoms with Crippen molar-refractivity contribution in [2.45, 2.75) is 20.8 Å². The Balaban J connectivity index is 1.42. The number of aromatic nitrogens is 2. The first-order valence-corrected chi connectivity index (χ1v) is 14.4. The molecule has 3 amide bonds. The number of hydrogen-bond donors (Lipinski definition) is 4. The number of allylic oxidation sites excluding steroid dienone is 2. The van der Waals surface area contributed by atoms with E-state index in [1.54, 1.807) is 19.2 Å². The smallest absolute Gasteiger partial charge is 0.323 e. The third-order valence-electron chi connectivity index (χ3n) is 7.31. The van der Waals surface area contributed by atoms with Crippen molar-refractivity contribution in [2.75, 3.05) is 54.2 Å². The molecule has 0 unspecified atom stereocenters. The fourth-order valence-corrected chi connectivity index (χ4v) is 5.13. The molecule has 3 aromatic carbocycles. The molecule has 0 radical (unpaired) electrons. The van der Waals surface area contributed by atoms with E-state index in [4.69, 9.17) is 20.4 Å². The first kappa shape index (κ1) is 31.1. The highest BCUT2D eigenvalue weighted by Gasteiger charge is 2.20. The van der Waals surface area contributed by atoms with Gasteiger partial charge in [-0.15, -0.1) is 0 Å². The number of nitrogens with zero attached hydrogens (tertiary/aromatic N) is 4. The molecule has 1 aliphatic heterocycles. The molecule has 0 spiro atoms. The summed E-state index contributed by atoms with van der Waals surface area (Å²) in [7, 11) is 1.74. The molecule has 0 bridgehead atoms. The Bertz CT molecular complexity index is 1810. The second-order valence-corrected chi connectivity index (χ2v) is 10.6. The summed E-state index contributed by atoms with van der Waals surface area (Å²) in [4.78, 5) is 40.3. The zero-order valence-corrected chi connectivity index (χ0v) is 25.6. The summed E-state index contributed by atoms with van der Waals surface area (Å²) in [5, 5.41) is 8.60. The second-order valence-electron chi connectivity index (χ2n) is 10.6. The zero-order valence-electron chi connectivity index (χ0n) is 25.6. The van der Waals surface area contributed by atoms with E-state index < -0.39 is 11.8 Å². The highest BCUT2D eigenvalue weighted by Crippen LogP contribution is 2.31. The van der Waals surface area contributed by atoms with Crippen LogP contribution in [0.4, 0.5) is 32.1 Å². The van der Waals surface area contributed by atoms with E-state index in [1.165, 1.54) is 19.1 Å². The molecule has 5 rings (SSSR count). The van der Waals surface area contributed by atoms with E-state index in [-0.39, 0.29) is 11.6 Å². The minimum Gasteiger partial charge on any atom is -0.402 e. The van der Waals surface area contributed by atoms with Gasteiger partial charge in [0, 0.05) is 66.4 Å². The van der Waals surface area contributed by atoms with Crippen LogP contribution in [0.2, 0.25) is 0 Å². The average Bonchev–Trinajstić information content (AvgIpc) is 3.02. The number of anilines is 4. The second kappa shape index (κ2) is 13.5. The lowest BCUT2D eigenvalue weighted by molar-refractivity contribution is -0.114. The van der Waals surface area contributed by atoms with Crippen LogP contribution < -0.4 is 26.6 Å². The number of amides is 3. The van der Waals surface area contributed by atoms with Crippen LogP contribution in [-0.4, -0.2) is 61.0 Å². The summed E-state index contributed by atoms with van der Waals surface area (Å²) in [6, 6.07) is 16.5. The minimum absolute atomic E-state index is 0.0268. The maximum Gasteiger partial charge on any atom is 0.323 e. The van der Waals surface area contributed by atoms with Crippen LogP contribution >= 0.6 is 0 Å². The van der Waals surface area contributed by atoms with E-state index in [9.17, 15) is 14.0 Å². The highest BCUT2D eigenvalue weighted by molar-refractivity contribution is 6.23. The topological polar surface area (TPSA) is 147 Å². The normalized spacial score (nSPS) is 14.2. The number of nitrogens with one attached hydrogen (secondary N) is 3. The number of rotatable bonds is 7. The van der Waals surface area contributed by atoms with Gasteiger partial charge in [-0.3, -0.25) is 9.79 Å². The Kier molecular flexibility index (Phi) is 9.33. The SMILES string of the molecule is CN=C(C)C(=C(C)N)c1ccc2c(N3CCOCC3)nc(-c3ccc(NC(=O)Nc4ccc(NC(C)=O)cc4F)cc3)nc2c1. The quantitative estimate of drug-likeness (QED) is 0.198. The number of ether oxygens (including phenoxy) is 1. The van der Waals surface area contributed by atoms with Crippen molar-refractivity contribution in [2.24, 2.45) is 10.7 Å². The van der Waals surface area contributed by atoms with Gasteiger partial charge in [0.15, 0.2) is 5.82 Å². The summed E-state index contributed by atoms with van der Waals surface area (Å²) in [6.07, 6.45) is 0. The van der Waals surface area contributed by atoms with Gasteiger partial charge in [-0.05, 0) is 74.0 Å². The number of carbonyl (C=O) groups excluding carboxylic acids is 2. The van der Waals surface area contributed by atoms with Crippen LogP contribution in [-0.2, 0) is 9.53 Å². The standard InChI is InChI=1S/C33H35FN8O3/c1-19(35)30(20(2)36-4)23-7-11-26-29(17-23)39-31(41-32(26)42-13-15-45-16-14-42)22-5-8-24(9-6-22)38-33(44)40-28-12-10-25(18-27(28)34)37-21(3)43/h5-12,17-18H,13-16,35H2,1-4H3,(H,37,43)(H2,38,40,44). The van der Waals surface area contributed by atoms with Gasteiger partial charge >= 0.3 is 6.03 Å². The molecule has 0 atom stereocenters. The Hall–Kier alpha value is -5.36. The van der Waals surface area contributed by atoms with Gasteiger partial charge < -0.3 is 31.3 Å². The van der Waals surface area contributed by atoms with Gasteiger partial charge in [0.1, 0.15) is 11.6 Å². The van der Waals surface area contributed by atoms with Gasteiger partial charge in [0.25, 0.3) is 0 Å². The fraction of sp³-hybridized carbons (Fsp3) is 0.242. The van der Waals surface area contributed by atoms with Crippen molar-refractivity contribution >= 4 is 57.0 Å². The molecule has 232 valence electrons. The number of benzene rings is 3. The van der Waals surface area contributed by atoms with E-state index in [0.29, 0.717) is 49.2 Å². The van der Waals surface area contributed by atoms with Crippen molar-refractivity contribution in [3.8, 4) is 11.4 Å². The lowest BCUT2D eigenvalue weighted by Crippen LogP contribution is -2.37. The van der Waals surface area contributed by atoms with E-state index in [0.717, 1.165) is 45.2 Å². The van der Waals surface area contributed by atoms with Crippen LogP contribution in [0, 0.1) is 5.82 Å². The Morgan fingerprint density at radius 2 is 1.62 bits per heavy atom. The van der Waals surface area contributed by atoms with Gasteiger partial charge in [-0.1, -0.05) is 6.07 Å². The van der Waals surface area contributed by atoms with Crippen LogP contribution in [0.1, 0.15) is 26.3 Å². The zero-order chi connectivity index (χ0) is 32.1. The number of carbonyl (C=O) groups is 2. The van der Waals surface area contributed by atoms with Crippen LogP contribution in [0.3, 0.4) is 0 Å². The van der Waals surface area contributed by atoms with Crippen LogP contribution in [0.15, 0.2) is 71.4 Å². The van der Waals surface area contributed by atoms with E-state index in [2.05, 4.69) is 25.8 Å². The maximum atomic E-state index is 14.5. The molecule has 11 nitrogen and oxygen atoms in total. The molecular weight excluding hydrogens is 575 g/mol. The van der Waals surface area contributed by atoms with Gasteiger partial charge in [-0.25, -0.2) is 19.2 Å². The number of hydrogen-bond acceptors (Lipinski definition) is 8. The average molecular weight is 611 g/mol. The van der Waals surface area contributed by atoms with Crippen LogP contribution in [0.25, 0.3) is 27.9 Å². The number of nitrogens with two attached hydrogens (primary N) is 1. The van der Waals surface area contributed by atoms with Gasteiger partial charge in [-0.2, -0.15) is 0 Å². The van der Waals surface area contributed by atoms with Crippen LogP contribution in [0.5, 0.6) is 0 Å². The minimum atomic E-state index is -0.680. The molecule has 45 heavy (non-hydrogen) atoms. The van der Waals surface area contributed by atoms with Gasteiger partial charge in [0.2, 0.25) is 5.91 Å². The lowest BCUT2D eigenvalue weighted by Gasteiger charge is -2.29. The maximum absolute atomic E-state index is 14.5. The molecule has 4 aromatic rings. The molecule has 1 fully saturated rings. The predicted molar refractivity (Wildman–Crippen MR) is 177 cm³/mol. The third kappa shape index (κ3) is 7.24. The highest BCUT2D eigenvalue weighted by atomic mass is 19.1. The Morgan fingerprint density at radius 1 is 0.911 bits per heavy atom. The Labute approximate surface area is 260 Å². The number of aliphatic imine (C=N–C) groups is 1. The van der Waals surface area contributed by atoms with E-state index in [1.807, 2.05) is 44.2 Å². The molecule has 1 aliphatic rings. The predicted octanol–water partition coefficient (Wildman–Crippen LogP) is 5.66. The Morgan fingerprint density at radius 3 is 2.27 bits per heavy atom. The van der Waals surface area contributed by atoms with E-state index >= 15 is 0 Å². The number of fused-ring (bicyclic) bond motifs is 1. The molecular formula is C33H35FN8O3. The first-order chi connectivity index (χ1) is 21.6. The number of halogens is 1. The summed E-state index contributed by atoms with van der Waals surface area (Å²) in [6.45, 7) is 7.74. The molecule has 0 saturated carbocycles. The monoisotopic (exact) mass is 610 g/mol. The summed E-state index contributed by atoms with van der Waals surface area (Å²) < 4.78 is 20.0.